The van der Waals surface area contributed by atoms with Crippen molar-refractivity contribution in [3.63, 3.8) is 0 Å². The minimum atomic E-state index is -0.648. The van der Waals surface area contributed by atoms with E-state index in [9.17, 15) is 30.3 Å². The molecule has 0 spiro atoms. The number of ketones is 1. The summed E-state index contributed by atoms with van der Waals surface area (Å²) in [7, 11) is 1.47. The van der Waals surface area contributed by atoms with Crippen LogP contribution >= 0.6 is 0 Å². The van der Waals surface area contributed by atoms with E-state index >= 15 is 0 Å². The molecule has 2 aliphatic carbocycles. The van der Waals surface area contributed by atoms with Crippen LogP contribution in [0.4, 0.5) is 0 Å². The highest BCUT2D eigenvalue weighted by Crippen LogP contribution is 2.56. The molecule has 0 aromatic heterocycles. The predicted molar refractivity (Wildman–Crippen MR) is 140 cm³/mol. The van der Waals surface area contributed by atoms with Crippen molar-refractivity contribution in [3.05, 3.63) is 104 Å². The summed E-state index contributed by atoms with van der Waals surface area (Å²) in [5.74, 6) is -2.04. The van der Waals surface area contributed by atoms with Crippen molar-refractivity contribution in [2.24, 2.45) is 0 Å². The molecule has 5 N–H and O–H groups in total. The summed E-state index contributed by atoms with van der Waals surface area (Å²) >= 11 is 0. The number of phenols is 5. The van der Waals surface area contributed by atoms with E-state index in [1.807, 2.05) is 26.0 Å². The molecular formula is C31H26O7. The molecular weight excluding hydrogens is 484 g/mol. The van der Waals surface area contributed by atoms with Gasteiger partial charge < -0.3 is 30.3 Å². The molecule has 7 heteroatoms. The fraction of sp³-hybridized carbons (Fsp3) is 0.194. The van der Waals surface area contributed by atoms with E-state index in [4.69, 9.17) is 4.74 Å². The van der Waals surface area contributed by atoms with Crippen LogP contribution in [0.5, 0.6) is 34.5 Å². The average molecular weight is 511 g/mol. The van der Waals surface area contributed by atoms with Gasteiger partial charge in [-0.2, -0.15) is 0 Å². The fourth-order valence-electron chi connectivity index (χ4n) is 6.30. The molecule has 4 aromatic carbocycles. The fourth-order valence-corrected chi connectivity index (χ4v) is 6.30. The van der Waals surface area contributed by atoms with E-state index in [1.54, 1.807) is 18.2 Å². The lowest BCUT2D eigenvalue weighted by atomic mass is 9.63. The number of hydrogen-bond acceptors (Lipinski definition) is 7. The Hall–Kier alpha value is -4.65. The van der Waals surface area contributed by atoms with Crippen molar-refractivity contribution >= 4 is 5.78 Å². The second-order valence-corrected chi connectivity index (χ2v) is 10.2. The molecule has 0 fully saturated rings. The van der Waals surface area contributed by atoms with Crippen LogP contribution < -0.4 is 4.74 Å². The zero-order valence-corrected chi connectivity index (χ0v) is 21.0. The van der Waals surface area contributed by atoms with Gasteiger partial charge in [-0.3, -0.25) is 4.79 Å². The lowest BCUT2D eigenvalue weighted by Gasteiger charge is -2.39. The largest absolute Gasteiger partial charge is 0.508 e. The lowest BCUT2D eigenvalue weighted by Crippen LogP contribution is -2.28. The highest BCUT2D eigenvalue weighted by atomic mass is 16.5. The molecule has 7 nitrogen and oxygen atoms in total. The van der Waals surface area contributed by atoms with Crippen LogP contribution in [0.2, 0.25) is 0 Å². The number of hydrogen-bond donors (Lipinski definition) is 5. The quantitative estimate of drug-likeness (QED) is 0.249. The van der Waals surface area contributed by atoms with E-state index in [2.05, 4.69) is 0 Å². The van der Waals surface area contributed by atoms with Gasteiger partial charge in [0, 0.05) is 41.5 Å². The van der Waals surface area contributed by atoms with Crippen LogP contribution in [0.3, 0.4) is 0 Å². The van der Waals surface area contributed by atoms with Gasteiger partial charge in [0.2, 0.25) is 5.78 Å². The highest BCUT2D eigenvalue weighted by molar-refractivity contribution is 6.16. The van der Waals surface area contributed by atoms with E-state index in [0.29, 0.717) is 33.6 Å². The van der Waals surface area contributed by atoms with Gasteiger partial charge in [0.15, 0.2) is 0 Å². The van der Waals surface area contributed by atoms with E-state index in [-0.39, 0.29) is 46.3 Å². The first kappa shape index (κ1) is 23.7. The third-order valence-electron chi connectivity index (χ3n) is 7.78. The number of rotatable bonds is 2. The van der Waals surface area contributed by atoms with Gasteiger partial charge in [-0.05, 0) is 71.5 Å². The number of carbonyl (C=O) groups excluding carboxylic acids is 1. The summed E-state index contributed by atoms with van der Waals surface area (Å²) in [5, 5.41) is 54.3. The summed E-state index contributed by atoms with van der Waals surface area (Å²) in [5.41, 5.74) is 5.27. The molecule has 0 saturated carbocycles. The Morgan fingerprint density at radius 1 is 0.632 bits per heavy atom. The normalized spacial score (nSPS) is 17.3. The van der Waals surface area contributed by atoms with Gasteiger partial charge in [0.05, 0.1) is 18.2 Å². The Morgan fingerprint density at radius 2 is 1.13 bits per heavy atom. The SMILES string of the molecule is COc1cc(O)c2c(c1)[C@H]([C@H]1c3cc(C)cc(O)c3Cc3c(O)cc(O)cc31)c1cc(C)cc(O)c1C2=O. The molecule has 0 amide bonds. The predicted octanol–water partition coefficient (Wildman–Crippen LogP) is 5.25. The van der Waals surface area contributed by atoms with Crippen molar-refractivity contribution in [2.45, 2.75) is 32.1 Å². The van der Waals surface area contributed by atoms with Gasteiger partial charge in [0.25, 0.3) is 0 Å². The maximum atomic E-state index is 13.7. The molecule has 0 unspecified atom stereocenters. The second-order valence-electron chi connectivity index (χ2n) is 10.2. The summed E-state index contributed by atoms with van der Waals surface area (Å²) in [6.07, 6.45) is 0.243. The number of benzene rings is 4. The smallest absolute Gasteiger partial charge is 0.201 e. The third kappa shape index (κ3) is 3.31. The third-order valence-corrected chi connectivity index (χ3v) is 7.78. The molecule has 2 aliphatic rings. The molecule has 38 heavy (non-hydrogen) atoms. The molecule has 0 aliphatic heterocycles. The summed E-state index contributed by atoms with van der Waals surface area (Å²) in [6, 6.07) is 12.9. The van der Waals surface area contributed by atoms with Gasteiger partial charge >= 0.3 is 0 Å². The van der Waals surface area contributed by atoms with Gasteiger partial charge in [-0.1, -0.05) is 12.1 Å². The second kappa shape index (κ2) is 8.18. The molecule has 2 atom stereocenters. The number of fused-ring (bicyclic) bond motifs is 4. The van der Waals surface area contributed by atoms with Gasteiger partial charge in [-0.25, -0.2) is 0 Å². The zero-order valence-electron chi connectivity index (χ0n) is 21.0. The minimum absolute atomic E-state index is 0.0531. The summed E-state index contributed by atoms with van der Waals surface area (Å²) in [6.45, 7) is 3.68. The minimum Gasteiger partial charge on any atom is -0.508 e. The first-order valence-electron chi connectivity index (χ1n) is 12.2. The van der Waals surface area contributed by atoms with Gasteiger partial charge in [-0.15, -0.1) is 0 Å². The Morgan fingerprint density at radius 3 is 1.79 bits per heavy atom. The number of methoxy groups -OCH3 is 1. The number of ether oxygens (including phenoxy) is 1. The zero-order chi connectivity index (χ0) is 27.0. The van der Waals surface area contributed by atoms with Crippen molar-refractivity contribution < 1.29 is 35.1 Å². The monoisotopic (exact) mass is 510 g/mol. The summed E-state index contributed by atoms with van der Waals surface area (Å²) < 4.78 is 5.44. The highest BCUT2D eigenvalue weighted by Gasteiger charge is 2.44. The Kier molecular flexibility index (Phi) is 5.11. The number of carbonyl (C=O) groups is 1. The maximum absolute atomic E-state index is 13.7. The number of aromatic hydroxyl groups is 5. The lowest BCUT2D eigenvalue weighted by molar-refractivity contribution is 0.102. The van der Waals surface area contributed by atoms with Crippen LogP contribution in [0.1, 0.15) is 72.3 Å². The van der Waals surface area contributed by atoms with Crippen LogP contribution in [-0.4, -0.2) is 38.4 Å². The first-order chi connectivity index (χ1) is 18.1. The maximum Gasteiger partial charge on any atom is 0.201 e. The van der Waals surface area contributed by atoms with Gasteiger partial charge in [0.1, 0.15) is 34.5 Å². The molecule has 0 saturated heterocycles. The molecule has 192 valence electrons. The standard InChI is InChI=1S/C31H26O7/c1-13-4-19-17(23(33)6-13)12-18-20(8-15(32)9-24(18)34)27(19)28-21-5-14(2)7-25(35)29(21)31(37)30-22(28)10-16(38-3)11-26(30)36/h4-11,27-28,32-36H,12H2,1-3H3/t27-,28+/m0/s1. The molecule has 4 aromatic rings. The van der Waals surface area contributed by atoms with Crippen LogP contribution in [0.25, 0.3) is 0 Å². The van der Waals surface area contributed by atoms with E-state index in [1.165, 1.54) is 25.3 Å². The topological polar surface area (TPSA) is 127 Å². The number of aryl methyl sites for hydroxylation is 2. The van der Waals surface area contributed by atoms with Crippen molar-refractivity contribution in [3.8, 4) is 34.5 Å². The first-order valence-corrected chi connectivity index (χ1v) is 12.2. The van der Waals surface area contributed by atoms with Crippen LogP contribution in [0.15, 0.2) is 48.5 Å². The average Bonchev–Trinajstić information content (AvgIpc) is 2.83. The summed E-state index contributed by atoms with van der Waals surface area (Å²) in [4.78, 5) is 13.7. The Labute approximate surface area is 218 Å². The van der Waals surface area contributed by atoms with Crippen molar-refractivity contribution in [1.82, 2.24) is 0 Å². The van der Waals surface area contributed by atoms with E-state index < -0.39 is 17.6 Å². The molecule has 0 bridgehead atoms. The molecule has 6 rings (SSSR count). The number of phenolic OH excluding ortho intramolecular Hbond substituents is 5. The van der Waals surface area contributed by atoms with E-state index in [0.717, 1.165) is 16.7 Å². The van der Waals surface area contributed by atoms with Crippen molar-refractivity contribution in [1.29, 1.82) is 0 Å². The molecule has 0 heterocycles. The Balaban J connectivity index is 1.78. The van der Waals surface area contributed by atoms with Crippen LogP contribution in [0, 0.1) is 13.8 Å². The Bertz CT molecular complexity index is 1630. The van der Waals surface area contributed by atoms with Crippen LogP contribution in [-0.2, 0) is 6.42 Å². The molecule has 0 radical (unpaired) electrons. The van der Waals surface area contributed by atoms with Crippen molar-refractivity contribution in [2.75, 3.05) is 7.11 Å².